The van der Waals surface area contributed by atoms with Gasteiger partial charge in [0.1, 0.15) is 22.8 Å². The number of rotatable bonds is 2. The van der Waals surface area contributed by atoms with Gasteiger partial charge in [-0.05, 0) is 39.1 Å². The van der Waals surface area contributed by atoms with Crippen LogP contribution in [0.25, 0.3) is 5.76 Å². The van der Waals surface area contributed by atoms with Crippen LogP contribution in [0.3, 0.4) is 0 Å². The quantitative estimate of drug-likeness (QED) is 0.179. The van der Waals surface area contributed by atoms with Crippen molar-refractivity contribution >= 4 is 33.4 Å². The van der Waals surface area contributed by atoms with E-state index >= 15 is 0 Å². The smallest absolute Gasteiger partial charge is 0.261 e. The molecule has 0 aromatic heterocycles. The number of carbonyl (C=O) groups is 3. The Kier molecular flexibility index (Phi) is 6.82. The monoisotopic (exact) mass is 540 g/mol. The summed E-state index contributed by atoms with van der Waals surface area (Å²) in [5.74, 6) is -7.90. The Morgan fingerprint density at radius 3 is 2.16 bits per heavy atom. The Bertz CT molecular complexity index is 1370. The van der Waals surface area contributed by atoms with Crippen LogP contribution in [0.5, 0.6) is 5.75 Å². The van der Waals surface area contributed by atoms with Crippen LogP contribution in [-0.4, -0.2) is 92.9 Å². The second-order valence-electron chi connectivity index (χ2n) is 9.69. The lowest BCUT2D eigenvalue weighted by atomic mass is 9.54. The average Bonchev–Trinajstić information content (AvgIpc) is 2.73. The molecule has 37 heavy (non-hydrogen) atoms. The molecule has 202 valence electrons. The van der Waals surface area contributed by atoms with E-state index in [-0.39, 0.29) is 17.5 Å². The molecule has 0 radical (unpaired) electrons. The molecule has 13 nitrogen and oxygen atoms in total. The number of phenolic OH excluding ortho intramolecular Hbond substituents is 1. The third-order valence-corrected chi connectivity index (χ3v) is 7.02. The molecule has 3 aliphatic carbocycles. The molecule has 1 saturated carbocycles. The number of ketones is 2. The molecule has 0 saturated heterocycles. The zero-order chi connectivity index (χ0) is 28.4. The summed E-state index contributed by atoms with van der Waals surface area (Å²) >= 11 is 0. The highest BCUT2D eigenvalue weighted by atomic mass is 32.2. The van der Waals surface area contributed by atoms with Gasteiger partial charge in [-0.1, -0.05) is 12.1 Å². The highest BCUT2D eigenvalue weighted by Crippen LogP contribution is 2.57. The molecule has 0 unspecified atom stereocenters. The van der Waals surface area contributed by atoms with Crippen LogP contribution < -0.4 is 5.73 Å². The number of nitrogens with two attached hydrogens (primary N) is 1. The molecular weight excluding hydrogens is 512 g/mol. The topological polar surface area (TPSA) is 236 Å². The van der Waals surface area contributed by atoms with Gasteiger partial charge in [-0.3, -0.25) is 23.8 Å². The summed E-state index contributed by atoms with van der Waals surface area (Å²) in [6.07, 6.45) is 0.515. The summed E-state index contributed by atoms with van der Waals surface area (Å²) in [5.41, 5.74) is -0.548. The van der Waals surface area contributed by atoms with Crippen LogP contribution in [0.4, 0.5) is 0 Å². The van der Waals surface area contributed by atoms with Crippen molar-refractivity contribution in [3.05, 3.63) is 46.2 Å². The largest absolute Gasteiger partial charge is 0.508 e. The van der Waals surface area contributed by atoms with Crippen molar-refractivity contribution in [3.8, 4) is 5.75 Å². The number of likely N-dealkylation sites (N-methyl/N-ethyl adjacent to an activating group) is 1. The molecule has 1 amide bonds. The summed E-state index contributed by atoms with van der Waals surface area (Å²) in [5, 5.41) is 54.9. The standard InChI is InChI=1S/C22H24N2O8.CH4O3S/c1-21(31)8-5-4-6-11(25)12(8)16(26)13-9(21)7-10-15(24(2)3)17(27)14(20(23)30)19(29)22(10,32)18(13)28;1-5(2,3)4/h4-6,9-10,15,25-26,29,31-32H,7H2,1-3H3,(H2,23,30);1H3,(H,2,3,4)/t9-,10-,15+,21-,22+;/m0./s1. The number of aliphatic hydroxyl groups excluding tert-OH is 2. The number of phenols is 1. The summed E-state index contributed by atoms with van der Waals surface area (Å²) < 4.78 is 25.9. The van der Waals surface area contributed by atoms with Crippen LogP contribution in [0, 0.1) is 11.8 Å². The minimum absolute atomic E-state index is 0.170. The predicted octanol–water partition coefficient (Wildman–Crippen LogP) is -0.867. The van der Waals surface area contributed by atoms with Gasteiger partial charge in [-0.25, -0.2) is 0 Å². The fourth-order valence-electron chi connectivity index (χ4n) is 5.50. The number of hydrogen-bond donors (Lipinski definition) is 7. The number of fused-ring (bicyclic) bond motifs is 3. The van der Waals surface area contributed by atoms with Gasteiger partial charge in [0.25, 0.3) is 16.0 Å². The SMILES string of the molecule is CN(C)[C@H]1C(=O)C(C(N)=O)=C(O)[C@]2(O)C(=O)C3=C(O)c4c(O)cccc4[C@](C)(O)[C@H]3C[C@@H]12.CS(=O)(=O)O. The number of carbonyl (C=O) groups excluding carboxylic acids is 3. The average molecular weight is 541 g/mol. The second-order valence-corrected chi connectivity index (χ2v) is 11.2. The molecule has 3 aliphatic rings. The van der Waals surface area contributed by atoms with E-state index in [1.54, 1.807) is 0 Å². The number of aromatic hydroxyl groups is 1. The molecule has 0 bridgehead atoms. The van der Waals surface area contributed by atoms with Gasteiger partial charge in [0.05, 0.1) is 23.5 Å². The minimum Gasteiger partial charge on any atom is -0.508 e. The molecule has 1 aromatic rings. The van der Waals surface area contributed by atoms with Gasteiger partial charge in [0.2, 0.25) is 5.78 Å². The lowest BCUT2D eigenvalue weighted by Gasteiger charge is -2.53. The third-order valence-electron chi connectivity index (χ3n) is 7.02. The highest BCUT2D eigenvalue weighted by Gasteiger charge is 2.66. The van der Waals surface area contributed by atoms with Crippen LogP contribution in [-0.2, 0) is 30.1 Å². The van der Waals surface area contributed by atoms with Crippen LogP contribution in [0.1, 0.15) is 24.5 Å². The highest BCUT2D eigenvalue weighted by molar-refractivity contribution is 7.85. The lowest BCUT2D eigenvalue weighted by molar-refractivity contribution is -0.159. The van der Waals surface area contributed by atoms with Crippen LogP contribution in [0.15, 0.2) is 35.1 Å². The predicted molar refractivity (Wildman–Crippen MR) is 128 cm³/mol. The number of benzene rings is 1. The van der Waals surface area contributed by atoms with E-state index < -0.39 is 85.1 Å². The molecule has 1 fully saturated rings. The maximum absolute atomic E-state index is 13.7. The normalized spacial score (nSPS) is 31.3. The van der Waals surface area contributed by atoms with Crippen molar-refractivity contribution in [2.45, 2.75) is 30.6 Å². The summed E-state index contributed by atoms with van der Waals surface area (Å²) in [7, 11) is -0.659. The first-order valence-electron chi connectivity index (χ1n) is 10.9. The molecular formula is C23H28N2O11S. The molecule has 0 spiro atoms. The Morgan fingerprint density at radius 2 is 1.68 bits per heavy atom. The first-order valence-corrected chi connectivity index (χ1v) is 12.7. The molecule has 0 aliphatic heterocycles. The summed E-state index contributed by atoms with van der Waals surface area (Å²) in [6, 6.07) is 3.02. The molecule has 5 atom stereocenters. The fourth-order valence-corrected chi connectivity index (χ4v) is 5.50. The van der Waals surface area contributed by atoms with Crippen molar-refractivity contribution in [3.63, 3.8) is 0 Å². The van der Waals surface area contributed by atoms with E-state index in [9.17, 15) is 48.3 Å². The zero-order valence-corrected chi connectivity index (χ0v) is 21.1. The number of nitrogens with zero attached hydrogens (tertiary/aromatic N) is 1. The third kappa shape index (κ3) is 4.30. The van der Waals surface area contributed by atoms with Crippen LogP contribution >= 0.6 is 0 Å². The van der Waals surface area contributed by atoms with Gasteiger partial charge in [0.15, 0.2) is 11.4 Å². The molecule has 8 N–H and O–H groups in total. The molecule has 14 heteroatoms. The zero-order valence-electron chi connectivity index (χ0n) is 20.3. The number of aliphatic hydroxyl groups is 4. The Labute approximate surface area is 211 Å². The Morgan fingerprint density at radius 1 is 1.14 bits per heavy atom. The van der Waals surface area contributed by atoms with Gasteiger partial charge < -0.3 is 31.3 Å². The Balaban J connectivity index is 0.000000695. The number of hydrogen-bond acceptors (Lipinski definition) is 11. The summed E-state index contributed by atoms with van der Waals surface area (Å²) in [6.45, 7) is 1.40. The van der Waals surface area contributed by atoms with Crippen molar-refractivity contribution in [2.24, 2.45) is 17.6 Å². The van der Waals surface area contributed by atoms with E-state index in [1.807, 2.05) is 0 Å². The van der Waals surface area contributed by atoms with E-state index in [4.69, 9.17) is 10.3 Å². The van der Waals surface area contributed by atoms with Gasteiger partial charge in [0, 0.05) is 17.4 Å². The summed E-state index contributed by atoms with van der Waals surface area (Å²) in [4.78, 5) is 40.0. The van der Waals surface area contributed by atoms with Crippen molar-refractivity contribution < 1.29 is 52.9 Å². The van der Waals surface area contributed by atoms with E-state index in [2.05, 4.69) is 0 Å². The van der Waals surface area contributed by atoms with Gasteiger partial charge >= 0.3 is 0 Å². The minimum atomic E-state index is -3.67. The molecule has 4 rings (SSSR count). The van der Waals surface area contributed by atoms with Crippen LogP contribution in [0.2, 0.25) is 0 Å². The lowest BCUT2D eigenvalue weighted by Crippen LogP contribution is -2.67. The van der Waals surface area contributed by atoms with Crippen molar-refractivity contribution in [1.82, 2.24) is 4.90 Å². The first-order chi connectivity index (χ1) is 16.8. The van der Waals surface area contributed by atoms with E-state index in [0.29, 0.717) is 6.26 Å². The molecule has 0 heterocycles. The maximum atomic E-state index is 13.7. The molecule has 1 aromatic carbocycles. The number of amides is 1. The number of Topliss-reactive ketones (excluding diaryl/α,β-unsaturated/α-hetero) is 2. The Hall–Kier alpha value is -3.30. The van der Waals surface area contributed by atoms with Gasteiger partial charge in [-0.2, -0.15) is 8.42 Å². The van der Waals surface area contributed by atoms with E-state index in [0.717, 1.165) is 0 Å². The number of primary amides is 1. The van der Waals surface area contributed by atoms with Gasteiger partial charge in [-0.15, -0.1) is 0 Å². The second kappa shape index (κ2) is 8.92. The maximum Gasteiger partial charge on any atom is 0.261 e. The fraction of sp³-hybridized carbons (Fsp3) is 0.435. The van der Waals surface area contributed by atoms with E-state index in [1.165, 1.54) is 44.1 Å². The van der Waals surface area contributed by atoms with Crippen molar-refractivity contribution in [2.75, 3.05) is 20.4 Å². The first kappa shape index (κ1) is 28.3. The van der Waals surface area contributed by atoms with Crippen molar-refractivity contribution in [1.29, 1.82) is 0 Å².